The van der Waals surface area contributed by atoms with Gasteiger partial charge in [-0.15, -0.1) is 11.3 Å². The van der Waals surface area contributed by atoms with Crippen LogP contribution in [0.5, 0.6) is 5.75 Å². The SMILES string of the molecule is C[C@H](Cc1c[nH]c2c(OS(=O)(=O)c3ccccc3)cccc12)NC[C@H](O)c1cccc(NS(=O)(=O)c2cccs2)c1. The molecule has 2 atom stereocenters. The summed E-state index contributed by atoms with van der Waals surface area (Å²) in [6, 6.07) is 23.1. The molecule has 0 saturated carbocycles. The van der Waals surface area contributed by atoms with Gasteiger partial charge in [0.25, 0.3) is 10.0 Å². The largest absolute Gasteiger partial charge is 0.387 e. The molecule has 5 aromatic rings. The number of aliphatic hydroxyl groups is 1. The molecule has 9 nitrogen and oxygen atoms in total. The monoisotopic (exact) mass is 611 g/mol. The van der Waals surface area contributed by atoms with Gasteiger partial charge in [-0.1, -0.05) is 48.5 Å². The lowest BCUT2D eigenvalue weighted by atomic mass is 10.0. The predicted molar refractivity (Wildman–Crippen MR) is 160 cm³/mol. The number of aromatic nitrogens is 1. The summed E-state index contributed by atoms with van der Waals surface area (Å²) in [7, 11) is -7.67. The third-order valence-electron chi connectivity index (χ3n) is 6.46. The molecule has 0 aliphatic carbocycles. The number of aliphatic hydroxyl groups excluding tert-OH is 1. The Morgan fingerprint density at radius 2 is 1.73 bits per heavy atom. The number of fused-ring (bicyclic) bond motifs is 1. The van der Waals surface area contributed by atoms with Crippen molar-refractivity contribution in [1.82, 2.24) is 10.3 Å². The Morgan fingerprint density at radius 1 is 0.951 bits per heavy atom. The van der Waals surface area contributed by atoms with Crippen molar-refractivity contribution >= 4 is 48.1 Å². The van der Waals surface area contributed by atoms with E-state index in [-0.39, 0.29) is 27.4 Å². The molecule has 0 unspecified atom stereocenters. The Balaban J connectivity index is 1.22. The van der Waals surface area contributed by atoms with Crippen LogP contribution < -0.4 is 14.2 Å². The maximum Gasteiger partial charge on any atom is 0.339 e. The van der Waals surface area contributed by atoms with Crippen LogP contribution in [0.3, 0.4) is 0 Å². The van der Waals surface area contributed by atoms with E-state index in [1.54, 1.807) is 66.0 Å². The van der Waals surface area contributed by atoms with Gasteiger partial charge in [-0.05, 0) is 66.2 Å². The van der Waals surface area contributed by atoms with Gasteiger partial charge in [0, 0.05) is 29.9 Å². The first-order chi connectivity index (χ1) is 19.6. The molecule has 5 rings (SSSR count). The lowest BCUT2D eigenvalue weighted by molar-refractivity contribution is 0.170. The topological polar surface area (TPSA) is 138 Å². The lowest BCUT2D eigenvalue weighted by Crippen LogP contribution is -2.32. The summed E-state index contributed by atoms with van der Waals surface area (Å²) >= 11 is 1.13. The first-order valence-corrected chi connectivity index (χ1v) is 16.6. The van der Waals surface area contributed by atoms with Gasteiger partial charge in [-0.3, -0.25) is 4.72 Å². The van der Waals surface area contributed by atoms with E-state index in [4.69, 9.17) is 4.18 Å². The van der Waals surface area contributed by atoms with Crippen molar-refractivity contribution in [3.8, 4) is 5.75 Å². The Kier molecular flexibility index (Phi) is 8.47. The van der Waals surface area contributed by atoms with E-state index in [0.29, 0.717) is 23.2 Å². The highest BCUT2D eigenvalue weighted by Gasteiger charge is 2.20. The van der Waals surface area contributed by atoms with E-state index in [0.717, 1.165) is 22.3 Å². The van der Waals surface area contributed by atoms with Crippen molar-refractivity contribution < 1.29 is 26.1 Å². The molecule has 0 spiro atoms. The van der Waals surface area contributed by atoms with Crippen molar-refractivity contribution in [3.63, 3.8) is 0 Å². The number of anilines is 1. The highest BCUT2D eigenvalue weighted by molar-refractivity contribution is 7.94. The summed E-state index contributed by atoms with van der Waals surface area (Å²) in [5.74, 6) is 0.211. The number of nitrogens with one attached hydrogen (secondary N) is 3. The van der Waals surface area contributed by atoms with Crippen molar-refractivity contribution in [2.45, 2.75) is 34.6 Å². The Bertz CT molecular complexity index is 1840. The smallest absolute Gasteiger partial charge is 0.339 e. The molecule has 3 aromatic carbocycles. The number of rotatable bonds is 12. The summed E-state index contributed by atoms with van der Waals surface area (Å²) in [4.78, 5) is 3.21. The first kappa shape index (κ1) is 28.8. The highest BCUT2D eigenvalue weighted by Crippen LogP contribution is 2.30. The number of aromatic amines is 1. The summed E-state index contributed by atoms with van der Waals surface area (Å²) in [5, 5.41) is 16.6. The normalized spacial score (nSPS) is 13.6. The van der Waals surface area contributed by atoms with Gasteiger partial charge in [0.2, 0.25) is 0 Å². The fourth-order valence-corrected chi connectivity index (χ4v) is 7.44. The van der Waals surface area contributed by atoms with Crippen LogP contribution in [-0.2, 0) is 26.6 Å². The molecule has 0 fully saturated rings. The van der Waals surface area contributed by atoms with E-state index in [1.807, 2.05) is 19.2 Å². The number of para-hydroxylation sites is 1. The van der Waals surface area contributed by atoms with Crippen LogP contribution in [0.15, 0.2) is 106 Å². The third kappa shape index (κ3) is 6.80. The van der Waals surface area contributed by atoms with Crippen molar-refractivity contribution in [2.24, 2.45) is 0 Å². The molecule has 0 aliphatic rings. The van der Waals surface area contributed by atoms with Gasteiger partial charge in [0.1, 0.15) is 9.10 Å². The number of hydrogen-bond acceptors (Lipinski definition) is 8. The number of sulfonamides is 1. The fourth-order valence-electron chi connectivity index (χ4n) is 4.44. The molecule has 4 N–H and O–H groups in total. The van der Waals surface area contributed by atoms with Crippen LogP contribution in [0.4, 0.5) is 5.69 Å². The van der Waals surface area contributed by atoms with E-state index >= 15 is 0 Å². The van der Waals surface area contributed by atoms with Gasteiger partial charge in [-0.2, -0.15) is 8.42 Å². The molecular weight excluding hydrogens is 583 g/mol. The van der Waals surface area contributed by atoms with Gasteiger partial charge >= 0.3 is 10.1 Å². The minimum Gasteiger partial charge on any atom is -0.387 e. The molecule has 0 aliphatic heterocycles. The number of thiophene rings is 1. The molecule has 2 heterocycles. The molecule has 2 aromatic heterocycles. The highest BCUT2D eigenvalue weighted by atomic mass is 32.2. The number of benzene rings is 3. The maximum atomic E-state index is 12.7. The Hall–Kier alpha value is -3.68. The van der Waals surface area contributed by atoms with E-state index in [1.165, 1.54) is 18.2 Å². The number of H-pyrrole nitrogens is 1. The average molecular weight is 612 g/mol. The molecule has 214 valence electrons. The summed E-state index contributed by atoms with van der Waals surface area (Å²) < 4.78 is 58.8. The summed E-state index contributed by atoms with van der Waals surface area (Å²) in [6.07, 6.45) is 1.56. The first-order valence-electron chi connectivity index (χ1n) is 12.8. The van der Waals surface area contributed by atoms with Crippen LogP contribution >= 0.6 is 11.3 Å². The van der Waals surface area contributed by atoms with Gasteiger partial charge in [0.15, 0.2) is 5.75 Å². The van der Waals surface area contributed by atoms with Crippen molar-refractivity contribution in [1.29, 1.82) is 0 Å². The predicted octanol–water partition coefficient (Wildman–Crippen LogP) is 5.05. The van der Waals surface area contributed by atoms with Crippen LogP contribution in [0.25, 0.3) is 10.9 Å². The van der Waals surface area contributed by atoms with Gasteiger partial charge < -0.3 is 19.6 Å². The fraction of sp³-hybridized carbons (Fsp3) is 0.172. The molecule has 41 heavy (non-hydrogen) atoms. The van der Waals surface area contributed by atoms with Gasteiger partial charge in [-0.25, -0.2) is 8.42 Å². The molecule has 0 amide bonds. The van der Waals surface area contributed by atoms with E-state index < -0.39 is 26.2 Å². The van der Waals surface area contributed by atoms with Crippen molar-refractivity contribution in [2.75, 3.05) is 11.3 Å². The lowest BCUT2D eigenvalue weighted by Gasteiger charge is -2.18. The second-order valence-corrected chi connectivity index (χ2v) is 13.9. The maximum absolute atomic E-state index is 12.7. The Labute approximate surface area is 243 Å². The third-order valence-corrected chi connectivity index (χ3v) is 10.5. The number of hydrogen-bond donors (Lipinski definition) is 4. The minimum absolute atomic E-state index is 0.0400. The van der Waals surface area contributed by atoms with Crippen LogP contribution in [0.2, 0.25) is 0 Å². The van der Waals surface area contributed by atoms with Crippen LogP contribution in [-0.4, -0.2) is 39.5 Å². The molecule has 0 saturated heterocycles. The van der Waals surface area contributed by atoms with Crippen LogP contribution in [0.1, 0.15) is 24.2 Å². The minimum atomic E-state index is -3.99. The summed E-state index contributed by atoms with van der Waals surface area (Å²) in [5.41, 5.74) is 2.48. The van der Waals surface area contributed by atoms with Gasteiger partial charge in [0.05, 0.1) is 11.6 Å². The zero-order valence-corrected chi connectivity index (χ0v) is 24.5. The zero-order chi connectivity index (χ0) is 29.0. The second kappa shape index (κ2) is 12.0. The zero-order valence-electron chi connectivity index (χ0n) is 22.0. The molecule has 0 radical (unpaired) electrons. The molecule has 12 heteroatoms. The molecule has 0 bridgehead atoms. The van der Waals surface area contributed by atoms with Crippen molar-refractivity contribution in [3.05, 3.63) is 108 Å². The summed E-state index contributed by atoms with van der Waals surface area (Å²) in [6.45, 7) is 2.23. The standard InChI is InChI=1S/C29H29N3O6S3/c1-20(30-19-26(33)21-8-5-9-23(17-21)32-40(34,35)28-14-7-15-39-28)16-22-18-31-29-25(22)12-6-13-27(29)38-41(36,37)24-10-3-2-4-11-24/h2-15,17-18,20,26,30-33H,16,19H2,1H3/t20-,26+/m1/s1. The van der Waals surface area contributed by atoms with Crippen LogP contribution in [0, 0.1) is 0 Å². The molecular formula is C29H29N3O6S3. The Morgan fingerprint density at radius 3 is 2.49 bits per heavy atom. The van der Waals surface area contributed by atoms with E-state index in [9.17, 15) is 21.9 Å². The quantitative estimate of drug-likeness (QED) is 0.145. The average Bonchev–Trinajstić information content (AvgIpc) is 3.64. The van der Waals surface area contributed by atoms with E-state index in [2.05, 4.69) is 15.0 Å². The second-order valence-electron chi connectivity index (χ2n) is 9.54.